The molecule has 0 aliphatic carbocycles. The van der Waals surface area contributed by atoms with Crippen molar-refractivity contribution < 1.29 is 29.4 Å². The number of carboxylic acids is 1. The summed E-state index contributed by atoms with van der Waals surface area (Å²) >= 11 is 5.56. The Morgan fingerprint density at radius 2 is 1.57 bits per heavy atom. The summed E-state index contributed by atoms with van der Waals surface area (Å²) in [6.07, 6.45) is 1.23. The fourth-order valence-corrected chi connectivity index (χ4v) is 3.21. The van der Waals surface area contributed by atoms with Gasteiger partial charge in [0.1, 0.15) is 18.1 Å². The van der Waals surface area contributed by atoms with Crippen LogP contribution in [0, 0.1) is 5.92 Å². The topological polar surface area (TPSA) is 171 Å². The standard InChI is InChI=1S/C18H34N4O6S2/c1-9(2)7-12(18(27)28)20-16(25)13(8-29)21-17(26)14(10(3)23)22-15(24)11(19)5-6-30-4/h9-14,23,29H,5-8,19H2,1-4H3,(H,20,25)(H,21,26)(H,22,24)(H,27,28). The Morgan fingerprint density at radius 1 is 1.00 bits per heavy atom. The highest BCUT2D eigenvalue weighted by Gasteiger charge is 2.32. The van der Waals surface area contributed by atoms with E-state index in [2.05, 4.69) is 28.6 Å². The molecule has 0 aliphatic rings. The van der Waals surface area contributed by atoms with Gasteiger partial charge in [-0.3, -0.25) is 14.4 Å². The van der Waals surface area contributed by atoms with Crippen molar-refractivity contribution in [2.45, 2.75) is 63.9 Å². The summed E-state index contributed by atoms with van der Waals surface area (Å²) in [5.41, 5.74) is 5.78. The maximum atomic E-state index is 12.6. The summed E-state index contributed by atoms with van der Waals surface area (Å²) in [4.78, 5) is 48.5. The van der Waals surface area contributed by atoms with Gasteiger partial charge in [0, 0.05) is 5.75 Å². The van der Waals surface area contributed by atoms with Crippen LogP contribution in [0.4, 0.5) is 0 Å². The summed E-state index contributed by atoms with van der Waals surface area (Å²) in [6.45, 7) is 4.95. The molecule has 0 bridgehead atoms. The number of aliphatic hydroxyl groups excluding tert-OH is 1. The van der Waals surface area contributed by atoms with Gasteiger partial charge < -0.3 is 31.9 Å². The summed E-state index contributed by atoms with van der Waals surface area (Å²) in [5, 5.41) is 26.3. The summed E-state index contributed by atoms with van der Waals surface area (Å²) in [7, 11) is 0. The third-order valence-electron chi connectivity index (χ3n) is 4.17. The normalized spacial score (nSPS) is 16.1. The first-order valence-corrected chi connectivity index (χ1v) is 11.6. The van der Waals surface area contributed by atoms with Crippen LogP contribution in [0.2, 0.25) is 0 Å². The SMILES string of the molecule is CSCCC(N)C(=O)NC(C(=O)NC(CS)C(=O)NC(CC(C)C)C(=O)O)C(C)O. The van der Waals surface area contributed by atoms with E-state index < -0.39 is 54.0 Å². The van der Waals surface area contributed by atoms with Crippen molar-refractivity contribution in [3.63, 3.8) is 0 Å². The zero-order valence-electron chi connectivity index (χ0n) is 17.8. The molecule has 0 rings (SSSR count). The van der Waals surface area contributed by atoms with Crippen LogP contribution in [0.5, 0.6) is 0 Å². The fourth-order valence-electron chi connectivity index (χ4n) is 2.46. The number of carbonyl (C=O) groups excluding carboxylic acids is 3. The number of nitrogens with two attached hydrogens (primary N) is 1. The highest BCUT2D eigenvalue weighted by Crippen LogP contribution is 2.06. The second-order valence-electron chi connectivity index (χ2n) is 7.39. The maximum absolute atomic E-state index is 12.6. The number of carboxylic acid groups (broad SMARTS) is 1. The fraction of sp³-hybridized carbons (Fsp3) is 0.778. The number of aliphatic hydroxyl groups is 1. The molecule has 30 heavy (non-hydrogen) atoms. The summed E-state index contributed by atoms with van der Waals surface area (Å²) in [6, 6.07) is -4.45. The van der Waals surface area contributed by atoms with Crippen LogP contribution in [0.1, 0.15) is 33.6 Å². The van der Waals surface area contributed by atoms with Gasteiger partial charge in [-0.1, -0.05) is 13.8 Å². The molecule has 12 heteroatoms. The predicted molar refractivity (Wildman–Crippen MR) is 119 cm³/mol. The summed E-state index contributed by atoms with van der Waals surface area (Å²) in [5.74, 6) is -2.74. The second kappa shape index (κ2) is 14.5. The number of aliphatic carboxylic acids is 1. The van der Waals surface area contributed by atoms with Crippen LogP contribution >= 0.6 is 24.4 Å². The van der Waals surface area contributed by atoms with Crippen LogP contribution < -0.4 is 21.7 Å². The van der Waals surface area contributed by atoms with Crippen molar-refractivity contribution >= 4 is 48.1 Å². The molecule has 0 aromatic rings. The molecule has 0 saturated heterocycles. The molecular formula is C18H34N4O6S2. The van der Waals surface area contributed by atoms with E-state index in [-0.39, 0.29) is 18.1 Å². The van der Waals surface area contributed by atoms with Crippen LogP contribution in [0.25, 0.3) is 0 Å². The monoisotopic (exact) mass is 466 g/mol. The number of hydrogen-bond donors (Lipinski definition) is 7. The van der Waals surface area contributed by atoms with Crippen LogP contribution in [-0.4, -0.2) is 81.9 Å². The maximum Gasteiger partial charge on any atom is 0.326 e. The van der Waals surface area contributed by atoms with Crippen LogP contribution in [0.3, 0.4) is 0 Å². The molecule has 0 saturated carbocycles. The van der Waals surface area contributed by atoms with Gasteiger partial charge >= 0.3 is 5.97 Å². The van der Waals surface area contributed by atoms with E-state index in [0.29, 0.717) is 12.2 Å². The molecule has 0 fully saturated rings. The van der Waals surface area contributed by atoms with Crippen molar-refractivity contribution in [1.29, 1.82) is 0 Å². The summed E-state index contributed by atoms with van der Waals surface area (Å²) < 4.78 is 0. The highest BCUT2D eigenvalue weighted by atomic mass is 32.2. The van der Waals surface area contributed by atoms with E-state index in [1.54, 1.807) is 0 Å². The lowest BCUT2D eigenvalue weighted by Crippen LogP contribution is -2.60. The van der Waals surface area contributed by atoms with E-state index >= 15 is 0 Å². The van der Waals surface area contributed by atoms with Crippen LogP contribution in [0.15, 0.2) is 0 Å². The van der Waals surface area contributed by atoms with Gasteiger partial charge in [-0.15, -0.1) is 0 Å². The van der Waals surface area contributed by atoms with Gasteiger partial charge in [-0.05, 0) is 37.7 Å². The van der Waals surface area contributed by atoms with E-state index in [1.807, 2.05) is 20.1 Å². The van der Waals surface area contributed by atoms with E-state index in [0.717, 1.165) is 0 Å². The van der Waals surface area contributed by atoms with Crippen LogP contribution in [-0.2, 0) is 19.2 Å². The first kappa shape index (κ1) is 28.5. The Kier molecular flexibility index (Phi) is 13.8. The van der Waals surface area contributed by atoms with Gasteiger partial charge in [0.15, 0.2) is 0 Å². The number of hydrogen-bond acceptors (Lipinski definition) is 8. The van der Waals surface area contributed by atoms with Crippen molar-refractivity contribution in [3.05, 3.63) is 0 Å². The Morgan fingerprint density at radius 3 is 2.00 bits per heavy atom. The van der Waals surface area contributed by atoms with Crippen molar-refractivity contribution in [3.8, 4) is 0 Å². The Bertz CT molecular complexity index is 591. The van der Waals surface area contributed by atoms with Gasteiger partial charge in [0.2, 0.25) is 17.7 Å². The number of nitrogens with one attached hydrogen (secondary N) is 3. The zero-order chi connectivity index (χ0) is 23.4. The molecule has 0 spiro atoms. The van der Waals surface area contributed by atoms with E-state index in [9.17, 15) is 29.4 Å². The van der Waals surface area contributed by atoms with Crippen molar-refractivity contribution in [2.75, 3.05) is 17.8 Å². The lowest BCUT2D eigenvalue weighted by atomic mass is 10.0. The average molecular weight is 467 g/mol. The second-order valence-corrected chi connectivity index (χ2v) is 8.74. The minimum atomic E-state index is -1.33. The smallest absolute Gasteiger partial charge is 0.326 e. The molecule has 5 atom stereocenters. The first-order valence-electron chi connectivity index (χ1n) is 9.61. The number of carbonyl (C=O) groups is 4. The number of amides is 3. The molecule has 3 amide bonds. The first-order chi connectivity index (χ1) is 13.9. The van der Waals surface area contributed by atoms with Gasteiger partial charge in [0.05, 0.1) is 12.1 Å². The largest absolute Gasteiger partial charge is 0.480 e. The quantitative estimate of drug-likeness (QED) is 0.159. The molecule has 10 nitrogen and oxygen atoms in total. The molecule has 5 unspecified atom stereocenters. The van der Waals surface area contributed by atoms with E-state index in [4.69, 9.17) is 5.73 Å². The average Bonchev–Trinajstić information content (AvgIpc) is 2.66. The van der Waals surface area contributed by atoms with Crippen molar-refractivity contribution in [2.24, 2.45) is 11.7 Å². The van der Waals surface area contributed by atoms with Crippen molar-refractivity contribution in [1.82, 2.24) is 16.0 Å². The molecule has 0 radical (unpaired) electrons. The Labute approximate surface area is 186 Å². The molecular weight excluding hydrogens is 432 g/mol. The predicted octanol–water partition coefficient (Wildman–Crippen LogP) is -1.04. The highest BCUT2D eigenvalue weighted by molar-refractivity contribution is 7.98. The Balaban J connectivity index is 5.11. The zero-order valence-corrected chi connectivity index (χ0v) is 19.5. The minimum absolute atomic E-state index is 0.0283. The molecule has 0 heterocycles. The lowest BCUT2D eigenvalue weighted by molar-refractivity contribution is -0.142. The Hall–Kier alpha value is -1.50. The van der Waals surface area contributed by atoms with E-state index in [1.165, 1.54) is 18.7 Å². The third kappa shape index (κ3) is 10.5. The molecule has 0 aromatic heterocycles. The third-order valence-corrected chi connectivity index (χ3v) is 5.18. The number of thioether (sulfide) groups is 1. The molecule has 0 aliphatic heterocycles. The molecule has 0 aromatic carbocycles. The lowest BCUT2D eigenvalue weighted by Gasteiger charge is -2.26. The van der Waals surface area contributed by atoms with Gasteiger partial charge in [-0.2, -0.15) is 24.4 Å². The number of rotatable bonds is 14. The molecule has 174 valence electrons. The van der Waals surface area contributed by atoms with Gasteiger partial charge in [0.25, 0.3) is 0 Å². The minimum Gasteiger partial charge on any atom is -0.480 e. The number of thiol groups is 1. The van der Waals surface area contributed by atoms with Gasteiger partial charge in [-0.25, -0.2) is 4.79 Å². The molecule has 7 N–H and O–H groups in total.